The van der Waals surface area contributed by atoms with Crippen LogP contribution in [0.15, 0.2) is 24.3 Å². The zero-order valence-corrected chi connectivity index (χ0v) is 18.8. The predicted molar refractivity (Wildman–Crippen MR) is 122 cm³/mol. The molecule has 156 valence electrons. The summed E-state index contributed by atoms with van der Waals surface area (Å²) in [7, 11) is 0. The van der Waals surface area contributed by atoms with Crippen LogP contribution in [-0.2, 0) is 17.6 Å². The Morgan fingerprint density at radius 3 is 2.80 bits per heavy atom. The Kier molecular flexibility index (Phi) is 5.11. The molecule has 1 aromatic carbocycles. The number of benzene rings is 1. The molecule has 3 aromatic rings. The van der Waals surface area contributed by atoms with Crippen molar-refractivity contribution in [2.45, 2.75) is 40.0 Å². The van der Waals surface area contributed by atoms with E-state index in [0.29, 0.717) is 32.2 Å². The van der Waals surface area contributed by atoms with Gasteiger partial charge in [-0.25, -0.2) is 4.98 Å². The van der Waals surface area contributed by atoms with Gasteiger partial charge in [-0.3, -0.25) is 4.79 Å². The summed E-state index contributed by atoms with van der Waals surface area (Å²) in [6.45, 7) is 8.93. The highest BCUT2D eigenvalue weighted by Crippen LogP contribution is 2.44. The van der Waals surface area contributed by atoms with Gasteiger partial charge in [-0.2, -0.15) is 0 Å². The first-order chi connectivity index (χ1) is 14.5. The molecule has 2 aliphatic rings. The minimum atomic E-state index is 0.0887. The van der Waals surface area contributed by atoms with Gasteiger partial charge < -0.3 is 9.64 Å². The fourth-order valence-electron chi connectivity index (χ4n) is 4.86. The zero-order chi connectivity index (χ0) is 20.8. The molecule has 2 aromatic heterocycles. The number of ether oxygens (including phenoxy) is 1. The van der Waals surface area contributed by atoms with Crippen molar-refractivity contribution in [1.82, 2.24) is 9.88 Å². The van der Waals surface area contributed by atoms with E-state index in [-0.39, 0.29) is 5.91 Å². The number of thiophene rings is 1. The lowest BCUT2D eigenvalue weighted by Gasteiger charge is -2.28. The predicted octanol–water partition coefficient (Wildman–Crippen LogP) is 5.18. The van der Waals surface area contributed by atoms with Gasteiger partial charge in [-0.05, 0) is 50.2 Å². The molecular weight excluding hydrogens is 392 g/mol. The number of nitrogens with zero attached hydrogens (tertiary/aromatic N) is 2. The Hall–Kier alpha value is -2.24. The molecule has 0 unspecified atom stereocenters. The van der Waals surface area contributed by atoms with E-state index in [4.69, 9.17) is 9.72 Å². The Morgan fingerprint density at radius 2 is 2.03 bits per heavy atom. The van der Waals surface area contributed by atoms with Gasteiger partial charge >= 0.3 is 0 Å². The van der Waals surface area contributed by atoms with Crippen LogP contribution in [0, 0.1) is 19.8 Å². The molecule has 0 saturated carbocycles. The van der Waals surface area contributed by atoms with Gasteiger partial charge in [0.2, 0.25) is 0 Å². The Morgan fingerprint density at radius 1 is 1.23 bits per heavy atom. The van der Waals surface area contributed by atoms with Gasteiger partial charge in [0.05, 0.1) is 24.5 Å². The van der Waals surface area contributed by atoms with Gasteiger partial charge in [-0.15, -0.1) is 11.3 Å². The van der Waals surface area contributed by atoms with Gasteiger partial charge in [0.1, 0.15) is 4.83 Å². The minimum Gasteiger partial charge on any atom is -0.378 e. The molecule has 0 radical (unpaired) electrons. The number of fused-ring (bicyclic) bond motifs is 3. The van der Waals surface area contributed by atoms with E-state index in [9.17, 15) is 4.79 Å². The van der Waals surface area contributed by atoms with Crippen LogP contribution in [0.2, 0.25) is 0 Å². The fraction of sp³-hybridized carbons (Fsp3) is 0.440. The molecule has 1 atom stereocenters. The first-order valence-electron chi connectivity index (χ1n) is 10.9. The molecule has 5 rings (SSSR count). The number of amides is 1. The van der Waals surface area contributed by atoms with Gasteiger partial charge in [0.25, 0.3) is 5.91 Å². The van der Waals surface area contributed by atoms with E-state index in [1.54, 1.807) is 0 Å². The molecular formula is C25H28N2O2S. The summed E-state index contributed by atoms with van der Waals surface area (Å²) in [6.07, 6.45) is 3.40. The number of carbonyl (C=O) groups excluding carboxylic acids is 1. The normalized spacial score (nSPS) is 19.2. The summed E-state index contributed by atoms with van der Waals surface area (Å²) >= 11 is 1.83. The first kappa shape index (κ1) is 19.7. The Labute approximate surface area is 181 Å². The lowest BCUT2D eigenvalue weighted by atomic mass is 9.85. The van der Waals surface area contributed by atoms with Crippen LogP contribution in [0.3, 0.4) is 0 Å². The summed E-state index contributed by atoms with van der Waals surface area (Å²) in [5, 5.41) is 1.22. The van der Waals surface area contributed by atoms with Crippen molar-refractivity contribution in [3.05, 3.63) is 51.5 Å². The van der Waals surface area contributed by atoms with Crippen LogP contribution in [-0.4, -0.2) is 42.1 Å². The zero-order valence-electron chi connectivity index (χ0n) is 18.0. The third-order valence-electron chi connectivity index (χ3n) is 6.44. The maximum absolute atomic E-state index is 13.7. The number of rotatable bonds is 2. The molecule has 30 heavy (non-hydrogen) atoms. The van der Waals surface area contributed by atoms with Crippen molar-refractivity contribution >= 4 is 27.5 Å². The second kappa shape index (κ2) is 7.78. The first-order valence-corrected chi connectivity index (χ1v) is 11.7. The Balaban J connectivity index is 1.79. The van der Waals surface area contributed by atoms with E-state index >= 15 is 0 Å². The molecule has 1 fully saturated rings. The number of morpholine rings is 1. The maximum atomic E-state index is 13.7. The average molecular weight is 421 g/mol. The third kappa shape index (κ3) is 3.34. The van der Waals surface area contributed by atoms with Gasteiger partial charge in [-0.1, -0.05) is 36.8 Å². The van der Waals surface area contributed by atoms with Crippen molar-refractivity contribution in [2.75, 3.05) is 26.3 Å². The summed E-state index contributed by atoms with van der Waals surface area (Å²) in [6, 6.07) is 8.56. The lowest BCUT2D eigenvalue weighted by molar-refractivity contribution is 0.0302. The fourth-order valence-corrected chi connectivity index (χ4v) is 6.30. The lowest BCUT2D eigenvalue weighted by Crippen LogP contribution is -2.41. The van der Waals surface area contributed by atoms with E-state index < -0.39 is 0 Å². The highest BCUT2D eigenvalue weighted by atomic mass is 32.1. The van der Waals surface area contributed by atoms with Crippen LogP contribution in [0.4, 0.5) is 0 Å². The maximum Gasteiger partial charge on any atom is 0.256 e. The molecule has 4 nitrogen and oxygen atoms in total. The number of aromatic nitrogens is 1. The average Bonchev–Trinajstić information content (AvgIpc) is 3.09. The topological polar surface area (TPSA) is 42.4 Å². The molecule has 3 heterocycles. The number of carbonyl (C=O) groups is 1. The number of hydrogen-bond donors (Lipinski definition) is 0. The SMILES string of the molecule is Cc1cccc(-c2c(C(=O)N3CCOCC3)c(C)nc3sc4c(c23)CC[C@@H](C)C4)c1. The van der Waals surface area contributed by atoms with Crippen molar-refractivity contribution in [3.63, 3.8) is 0 Å². The second-order valence-electron chi connectivity index (χ2n) is 8.75. The van der Waals surface area contributed by atoms with Crippen LogP contribution in [0.5, 0.6) is 0 Å². The van der Waals surface area contributed by atoms with Gasteiger partial charge in [0, 0.05) is 28.9 Å². The van der Waals surface area contributed by atoms with Crippen LogP contribution in [0.1, 0.15) is 45.4 Å². The number of pyridine rings is 1. The third-order valence-corrected chi connectivity index (χ3v) is 7.59. The standard InChI is InChI=1S/C25H28N2O2S/c1-15-5-4-6-18(13-15)22-21(25(28)27-9-11-29-12-10-27)17(3)26-24-23(22)19-8-7-16(2)14-20(19)30-24/h4-6,13,16H,7-12,14H2,1-3H3/t16-/m1/s1. The second-order valence-corrected chi connectivity index (χ2v) is 9.84. The summed E-state index contributed by atoms with van der Waals surface area (Å²) in [4.78, 5) is 23.2. The summed E-state index contributed by atoms with van der Waals surface area (Å²) in [5.41, 5.74) is 6.45. The van der Waals surface area contributed by atoms with Crippen molar-refractivity contribution in [3.8, 4) is 11.1 Å². The van der Waals surface area contributed by atoms with Crippen LogP contribution < -0.4 is 0 Å². The number of hydrogen-bond acceptors (Lipinski definition) is 4. The monoisotopic (exact) mass is 420 g/mol. The highest BCUT2D eigenvalue weighted by molar-refractivity contribution is 7.19. The molecule has 0 spiro atoms. The van der Waals surface area contributed by atoms with Crippen LogP contribution in [0.25, 0.3) is 21.3 Å². The molecule has 1 saturated heterocycles. The van der Waals surface area contributed by atoms with E-state index in [2.05, 4.69) is 38.1 Å². The van der Waals surface area contributed by atoms with E-state index in [1.165, 1.54) is 27.8 Å². The van der Waals surface area contributed by atoms with Crippen molar-refractivity contribution in [2.24, 2.45) is 5.92 Å². The highest BCUT2D eigenvalue weighted by Gasteiger charge is 2.30. The van der Waals surface area contributed by atoms with E-state index in [1.807, 2.05) is 23.2 Å². The summed E-state index contributed by atoms with van der Waals surface area (Å²) in [5.74, 6) is 0.800. The van der Waals surface area contributed by atoms with Crippen molar-refractivity contribution in [1.29, 1.82) is 0 Å². The molecule has 5 heteroatoms. The number of aryl methyl sites for hydroxylation is 3. The molecule has 1 aliphatic heterocycles. The van der Waals surface area contributed by atoms with Crippen LogP contribution >= 0.6 is 11.3 Å². The molecule has 0 bridgehead atoms. The minimum absolute atomic E-state index is 0.0887. The van der Waals surface area contributed by atoms with Gasteiger partial charge in [0.15, 0.2) is 0 Å². The molecule has 1 aliphatic carbocycles. The van der Waals surface area contributed by atoms with E-state index in [0.717, 1.165) is 40.1 Å². The summed E-state index contributed by atoms with van der Waals surface area (Å²) < 4.78 is 5.48. The largest absolute Gasteiger partial charge is 0.378 e. The molecule has 0 N–H and O–H groups in total. The Bertz CT molecular complexity index is 1130. The molecule has 1 amide bonds. The van der Waals surface area contributed by atoms with Crippen molar-refractivity contribution < 1.29 is 9.53 Å². The quantitative estimate of drug-likeness (QED) is 0.574. The smallest absolute Gasteiger partial charge is 0.256 e.